The van der Waals surface area contributed by atoms with Gasteiger partial charge in [-0.3, -0.25) is 0 Å². The first-order valence-corrected chi connectivity index (χ1v) is 5.58. The summed E-state index contributed by atoms with van der Waals surface area (Å²) in [6.07, 6.45) is -4.52. The lowest BCUT2D eigenvalue weighted by Gasteiger charge is -2.09. The molecule has 0 atom stereocenters. The van der Waals surface area contributed by atoms with Crippen molar-refractivity contribution in [2.45, 2.75) is 12.7 Å². The fourth-order valence-electron chi connectivity index (χ4n) is 1.51. The number of benzene rings is 1. The van der Waals surface area contributed by atoms with Gasteiger partial charge in [-0.1, -0.05) is 0 Å². The van der Waals surface area contributed by atoms with Crippen LogP contribution in [0.4, 0.5) is 24.7 Å². The number of rotatable bonds is 3. The molecule has 0 amide bonds. The van der Waals surface area contributed by atoms with Gasteiger partial charge >= 0.3 is 6.18 Å². The second kappa shape index (κ2) is 5.24. The highest BCUT2D eigenvalue weighted by molar-refractivity contribution is 5.48. The van der Waals surface area contributed by atoms with Crippen LogP contribution in [0.25, 0.3) is 0 Å². The zero-order valence-electron chi connectivity index (χ0n) is 10.1. The Hall–Kier alpha value is -2.51. The van der Waals surface area contributed by atoms with Crippen LogP contribution in [0.2, 0.25) is 0 Å². The quantitative estimate of drug-likeness (QED) is 0.595. The van der Waals surface area contributed by atoms with Crippen molar-refractivity contribution in [1.29, 1.82) is 0 Å². The summed E-state index contributed by atoms with van der Waals surface area (Å²) in [5, 5.41) is 18.8. The number of halogens is 3. The number of hydrogen-bond acceptors (Lipinski definition) is 5. The monoisotopic (exact) mass is 284 g/mol. The molecule has 0 aliphatic carbocycles. The Morgan fingerprint density at radius 1 is 1.15 bits per heavy atom. The minimum absolute atomic E-state index is 0.0339. The van der Waals surface area contributed by atoms with E-state index < -0.39 is 11.9 Å². The summed E-state index contributed by atoms with van der Waals surface area (Å²) >= 11 is 0. The Morgan fingerprint density at radius 2 is 1.90 bits per heavy atom. The Kier molecular flexibility index (Phi) is 3.64. The van der Waals surface area contributed by atoms with Gasteiger partial charge < -0.3 is 16.2 Å². The van der Waals surface area contributed by atoms with Crippen LogP contribution in [0.5, 0.6) is 5.75 Å². The maximum Gasteiger partial charge on any atom is 0.435 e. The average molecular weight is 284 g/mol. The van der Waals surface area contributed by atoms with E-state index in [0.29, 0.717) is 11.3 Å². The molecule has 0 aliphatic rings. The number of hydrogen-bond donors (Lipinski definition) is 3. The maximum atomic E-state index is 12.3. The third-order valence-corrected chi connectivity index (χ3v) is 2.52. The Bertz CT molecular complexity index is 599. The van der Waals surface area contributed by atoms with E-state index in [1.165, 1.54) is 18.2 Å². The molecule has 2 aromatic rings. The first-order valence-electron chi connectivity index (χ1n) is 5.58. The highest BCUT2D eigenvalue weighted by atomic mass is 19.4. The molecular weight excluding hydrogens is 273 g/mol. The van der Waals surface area contributed by atoms with Crippen molar-refractivity contribution in [3.8, 4) is 5.75 Å². The van der Waals surface area contributed by atoms with E-state index in [1.54, 1.807) is 6.07 Å². The molecule has 0 saturated heterocycles. The summed E-state index contributed by atoms with van der Waals surface area (Å²) in [5.41, 5.74) is 5.49. The molecule has 0 radical (unpaired) electrons. The van der Waals surface area contributed by atoms with Gasteiger partial charge in [-0.15, -0.1) is 10.2 Å². The fraction of sp³-hybridized carbons (Fsp3) is 0.167. The van der Waals surface area contributed by atoms with Gasteiger partial charge in [-0.2, -0.15) is 13.2 Å². The van der Waals surface area contributed by atoms with Crippen molar-refractivity contribution < 1.29 is 18.3 Å². The molecule has 106 valence electrons. The molecule has 20 heavy (non-hydrogen) atoms. The normalized spacial score (nSPS) is 11.3. The molecule has 0 spiro atoms. The van der Waals surface area contributed by atoms with Gasteiger partial charge in [0.05, 0.1) is 0 Å². The van der Waals surface area contributed by atoms with E-state index in [2.05, 4.69) is 15.5 Å². The Balaban J connectivity index is 2.06. The third-order valence-electron chi connectivity index (χ3n) is 2.52. The topological polar surface area (TPSA) is 84.1 Å². The molecule has 0 saturated carbocycles. The van der Waals surface area contributed by atoms with Crippen molar-refractivity contribution in [3.05, 3.63) is 41.6 Å². The number of alkyl halides is 3. The number of nitrogens with one attached hydrogen (secondary N) is 1. The molecule has 1 heterocycles. The Morgan fingerprint density at radius 3 is 2.50 bits per heavy atom. The SMILES string of the molecule is Nc1ccc(O)c(CNc2ccc(C(F)(F)F)nn2)c1. The van der Waals surface area contributed by atoms with E-state index >= 15 is 0 Å². The van der Waals surface area contributed by atoms with Crippen LogP contribution in [-0.4, -0.2) is 15.3 Å². The lowest BCUT2D eigenvalue weighted by molar-refractivity contribution is -0.141. The van der Waals surface area contributed by atoms with Crippen LogP contribution >= 0.6 is 0 Å². The van der Waals surface area contributed by atoms with Gasteiger partial charge in [-0.05, 0) is 30.3 Å². The van der Waals surface area contributed by atoms with Crippen molar-refractivity contribution in [2.75, 3.05) is 11.1 Å². The number of aromatic hydroxyl groups is 1. The van der Waals surface area contributed by atoms with E-state index in [-0.39, 0.29) is 18.1 Å². The largest absolute Gasteiger partial charge is 0.508 e. The van der Waals surface area contributed by atoms with Gasteiger partial charge in [0.25, 0.3) is 0 Å². The summed E-state index contributed by atoms with van der Waals surface area (Å²) in [7, 11) is 0. The summed E-state index contributed by atoms with van der Waals surface area (Å²) in [6, 6.07) is 6.52. The zero-order valence-corrected chi connectivity index (χ0v) is 10.1. The predicted molar refractivity (Wildman–Crippen MR) is 66.9 cm³/mol. The minimum atomic E-state index is -4.52. The van der Waals surface area contributed by atoms with Gasteiger partial charge in [0.15, 0.2) is 5.69 Å². The lowest BCUT2D eigenvalue weighted by Crippen LogP contribution is -2.10. The van der Waals surface area contributed by atoms with Gasteiger partial charge in [-0.25, -0.2) is 0 Å². The highest BCUT2D eigenvalue weighted by Gasteiger charge is 2.32. The molecule has 0 fully saturated rings. The number of phenols is 1. The molecule has 8 heteroatoms. The standard InChI is InChI=1S/C12H11F3N4O/c13-12(14,15)10-3-4-11(19-18-10)17-6-7-5-8(16)1-2-9(7)20/h1-5,20H,6,16H2,(H,17,19). The zero-order chi connectivity index (χ0) is 14.8. The van der Waals surface area contributed by atoms with Crippen molar-refractivity contribution in [2.24, 2.45) is 0 Å². The summed E-state index contributed by atoms with van der Waals surface area (Å²) < 4.78 is 36.9. The number of nitrogens with zero attached hydrogens (tertiary/aromatic N) is 2. The number of nitrogen functional groups attached to an aromatic ring is 1. The number of phenolic OH excluding ortho intramolecular Hbond substituents is 1. The van der Waals surface area contributed by atoms with Crippen molar-refractivity contribution >= 4 is 11.5 Å². The van der Waals surface area contributed by atoms with Crippen LogP contribution in [0.1, 0.15) is 11.3 Å². The highest BCUT2D eigenvalue weighted by Crippen LogP contribution is 2.27. The first-order chi connectivity index (χ1) is 9.36. The van der Waals surface area contributed by atoms with Crippen molar-refractivity contribution in [3.63, 3.8) is 0 Å². The second-order valence-corrected chi connectivity index (χ2v) is 4.04. The van der Waals surface area contributed by atoms with Crippen molar-refractivity contribution in [1.82, 2.24) is 10.2 Å². The molecule has 1 aromatic carbocycles. The van der Waals surface area contributed by atoms with Crippen LogP contribution in [0.15, 0.2) is 30.3 Å². The third kappa shape index (κ3) is 3.28. The molecule has 5 nitrogen and oxygen atoms in total. The van der Waals surface area contributed by atoms with Gasteiger partial charge in [0.1, 0.15) is 11.6 Å². The lowest BCUT2D eigenvalue weighted by atomic mass is 10.2. The minimum Gasteiger partial charge on any atom is -0.508 e. The first kappa shape index (κ1) is 13.9. The molecule has 0 unspecified atom stereocenters. The summed E-state index contributed by atoms with van der Waals surface area (Å²) in [5.74, 6) is 0.200. The predicted octanol–water partition coefficient (Wildman–Crippen LogP) is 2.40. The summed E-state index contributed by atoms with van der Waals surface area (Å²) in [4.78, 5) is 0. The van der Waals surface area contributed by atoms with Crippen LogP contribution < -0.4 is 11.1 Å². The molecule has 2 rings (SSSR count). The van der Waals surface area contributed by atoms with E-state index in [0.717, 1.165) is 6.07 Å². The molecule has 1 aromatic heterocycles. The fourth-order valence-corrected chi connectivity index (χ4v) is 1.51. The van der Waals surface area contributed by atoms with Gasteiger partial charge in [0, 0.05) is 17.8 Å². The second-order valence-electron chi connectivity index (χ2n) is 4.04. The number of nitrogens with two attached hydrogens (primary N) is 1. The van der Waals surface area contributed by atoms with Crippen LogP contribution in [0.3, 0.4) is 0 Å². The molecular formula is C12H11F3N4O. The summed E-state index contributed by atoms with van der Waals surface area (Å²) in [6.45, 7) is 0.164. The molecule has 0 aliphatic heterocycles. The number of anilines is 2. The average Bonchev–Trinajstić information content (AvgIpc) is 2.39. The van der Waals surface area contributed by atoms with Gasteiger partial charge in [0.2, 0.25) is 0 Å². The van der Waals surface area contributed by atoms with Crippen LogP contribution in [-0.2, 0) is 12.7 Å². The molecule has 4 N–H and O–H groups in total. The van der Waals surface area contributed by atoms with E-state index in [1.807, 2.05) is 0 Å². The Labute approximate surface area is 112 Å². The number of aromatic nitrogens is 2. The maximum absolute atomic E-state index is 12.3. The van der Waals surface area contributed by atoms with E-state index in [4.69, 9.17) is 5.73 Å². The van der Waals surface area contributed by atoms with Crippen LogP contribution in [0, 0.1) is 0 Å². The molecule has 0 bridgehead atoms. The van der Waals surface area contributed by atoms with E-state index in [9.17, 15) is 18.3 Å². The smallest absolute Gasteiger partial charge is 0.435 e.